The Kier molecular flexibility index (Phi) is 6.27. The fourth-order valence-electron chi connectivity index (χ4n) is 2.10. The predicted molar refractivity (Wildman–Crippen MR) is 73.3 cm³/mol. The minimum Gasteiger partial charge on any atom is -0.314 e. The summed E-state index contributed by atoms with van der Waals surface area (Å²) < 4.78 is 2.03. The first-order valence-electron chi connectivity index (χ1n) is 6.96. The van der Waals surface area contributed by atoms with E-state index in [0.717, 1.165) is 19.4 Å². The predicted octanol–water partition coefficient (Wildman–Crippen LogP) is 2.69. The molecule has 17 heavy (non-hydrogen) atoms. The Labute approximate surface area is 106 Å². The molecule has 0 saturated heterocycles. The summed E-state index contributed by atoms with van der Waals surface area (Å²) in [4.78, 5) is 0. The molecule has 0 aromatic carbocycles. The van der Waals surface area contributed by atoms with E-state index in [1.165, 1.54) is 30.7 Å². The van der Waals surface area contributed by atoms with Gasteiger partial charge in [0.2, 0.25) is 0 Å². The van der Waals surface area contributed by atoms with Crippen molar-refractivity contribution in [2.24, 2.45) is 7.05 Å². The van der Waals surface area contributed by atoms with Gasteiger partial charge in [-0.15, -0.1) is 0 Å². The SMILES string of the molecule is CCCNC(CC)CCc1cc(CC)nn1C. The molecule has 3 heteroatoms. The van der Waals surface area contributed by atoms with Crippen molar-refractivity contribution in [1.29, 1.82) is 0 Å². The summed E-state index contributed by atoms with van der Waals surface area (Å²) >= 11 is 0. The van der Waals surface area contributed by atoms with Crippen LogP contribution in [0.3, 0.4) is 0 Å². The summed E-state index contributed by atoms with van der Waals surface area (Å²) in [5.41, 5.74) is 2.57. The summed E-state index contributed by atoms with van der Waals surface area (Å²) in [6.07, 6.45) is 5.78. The monoisotopic (exact) mass is 237 g/mol. The smallest absolute Gasteiger partial charge is 0.0624 e. The van der Waals surface area contributed by atoms with Gasteiger partial charge in [-0.2, -0.15) is 5.10 Å². The highest BCUT2D eigenvalue weighted by Crippen LogP contribution is 2.09. The van der Waals surface area contributed by atoms with Crippen LogP contribution < -0.4 is 5.32 Å². The lowest BCUT2D eigenvalue weighted by atomic mass is 10.1. The van der Waals surface area contributed by atoms with Gasteiger partial charge in [-0.3, -0.25) is 4.68 Å². The van der Waals surface area contributed by atoms with Crippen molar-refractivity contribution in [3.05, 3.63) is 17.5 Å². The van der Waals surface area contributed by atoms with Crippen LogP contribution in [-0.4, -0.2) is 22.4 Å². The van der Waals surface area contributed by atoms with E-state index in [-0.39, 0.29) is 0 Å². The van der Waals surface area contributed by atoms with Crippen molar-refractivity contribution in [3.8, 4) is 0 Å². The van der Waals surface area contributed by atoms with Gasteiger partial charge in [0.05, 0.1) is 5.69 Å². The minimum absolute atomic E-state index is 0.648. The van der Waals surface area contributed by atoms with E-state index in [1.54, 1.807) is 0 Å². The molecule has 1 heterocycles. The molecule has 0 bridgehead atoms. The molecule has 1 aromatic heterocycles. The van der Waals surface area contributed by atoms with Crippen molar-refractivity contribution >= 4 is 0 Å². The quantitative estimate of drug-likeness (QED) is 0.753. The highest BCUT2D eigenvalue weighted by Gasteiger charge is 2.08. The number of aryl methyl sites for hydroxylation is 3. The van der Waals surface area contributed by atoms with Gasteiger partial charge in [0.1, 0.15) is 0 Å². The zero-order valence-electron chi connectivity index (χ0n) is 11.8. The second-order valence-corrected chi connectivity index (χ2v) is 4.70. The van der Waals surface area contributed by atoms with Crippen LogP contribution in [0.1, 0.15) is 51.4 Å². The first-order valence-corrected chi connectivity index (χ1v) is 6.96. The maximum Gasteiger partial charge on any atom is 0.0624 e. The molecule has 1 aromatic rings. The Morgan fingerprint density at radius 1 is 1.35 bits per heavy atom. The largest absolute Gasteiger partial charge is 0.314 e. The Morgan fingerprint density at radius 3 is 2.65 bits per heavy atom. The molecule has 3 nitrogen and oxygen atoms in total. The Balaban J connectivity index is 2.44. The number of rotatable bonds is 8. The third kappa shape index (κ3) is 4.50. The van der Waals surface area contributed by atoms with Crippen molar-refractivity contribution in [1.82, 2.24) is 15.1 Å². The molecule has 1 unspecified atom stereocenters. The molecule has 0 amide bonds. The van der Waals surface area contributed by atoms with Crippen LogP contribution in [0.4, 0.5) is 0 Å². The average Bonchev–Trinajstić information content (AvgIpc) is 2.70. The molecule has 1 rings (SSSR count). The van der Waals surface area contributed by atoms with E-state index in [2.05, 4.69) is 44.3 Å². The molecule has 0 saturated carbocycles. The standard InChI is InChI=1S/C14H27N3/c1-5-10-15-12(6-2)8-9-14-11-13(7-3)16-17(14)4/h11-12,15H,5-10H2,1-4H3. The van der Waals surface area contributed by atoms with Crippen molar-refractivity contribution < 1.29 is 0 Å². The zero-order valence-corrected chi connectivity index (χ0v) is 11.8. The third-order valence-electron chi connectivity index (χ3n) is 3.31. The van der Waals surface area contributed by atoms with Crippen LogP contribution in [0.25, 0.3) is 0 Å². The molecule has 1 N–H and O–H groups in total. The number of hydrogen-bond acceptors (Lipinski definition) is 2. The fraction of sp³-hybridized carbons (Fsp3) is 0.786. The molecule has 0 aliphatic carbocycles. The average molecular weight is 237 g/mol. The van der Waals surface area contributed by atoms with Gasteiger partial charge >= 0.3 is 0 Å². The van der Waals surface area contributed by atoms with Gasteiger partial charge in [-0.1, -0.05) is 20.8 Å². The van der Waals surface area contributed by atoms with Crippen LogP contribution in [-0.2, 0) is 19.9 Å². The second-order valence-electron chi connectivity index (χ2n) is 4.70. The molecule has 98 valence electrons. The number of nitrogens with zero attached hydrogens (tertiary/aromatic N) is 2. The number of nitrogens with one attached hydrogen (secondary N) is 1. The second kappa shape index (κ2) is 7.49. The van der Waals surface area contributed by atoms with E-state index in [0.29, 0.717) is 6.04 Å². The van der Waals surface area contributed by atoms with Crippen LogP contribution in [0.15, 0.2) is 6.07 Å². The maximum atomic E-state index is 4.49. The lowest BCUT2D eigenvalue weighted by Crippen LogP contribution is -2.29. The van der Waals surface area contributed by atoms with Gasteiger partial charge in [-0.25, -0.2) is 0 Å². The van der Waals surface area contributed by atoms with E-state index in [4.69, 9.17) is 0 Å². The Morgan fingerprint density at radius 2 is 2.12 bits per heavy atom. The summed E-state index contributed by atoms with van der Waals surface area (Å²) in [6.45, 7) is 7.76. The van der Waals surface area contributed by atoms with Gasteiger partial charge in [0, 0.05) is 18.8 Å². The Hall–Kier alpha value is -0.830. The first kappa shape index (κ1) is 14.2. The lowest BCUT2D eigenvalue weighted by Gasteiger charge is -2.16. The van der Waals surface area contributed by atoms with Gasteiger partial charge in [0.25, 0.3) is 0 Å². The highest BCUT2D eigenvalue weighted by atomic mass is 15.3. The van der Waals surface area contributed by atoms with Crippen molar-refractivity contribution in [2.45, 2.75) is 58.9 Å². The van der Waals surface area contributed by atoms with Crippen LogP contribution in [0.2, 0.25) is 0 Å². The van der Waals surface area contributed by atoms with Gasteiger partial charge in [0.15, 0.2) is 0 Å². The fourth-order valence-corrected chi connectivity index (χ4v) is 2.10. The van der Waals surface area contributed by atoms with E-state index in [1.807, 2.05) is 4.68 Å². The van der Waals surface area contributed by atoms with E-state index < -0.39 is 0 Å². The summed E-state index contributed by atoms with van der Waals surface area (Å²) in [5, 5.41) is 8.09. The zero-order chi connectivity index (χ0) is 12.7. The number of aromatic nitrogens is 2. The van der Waals surface area contributed by atoms with Crippen LogP contribution >= 0.6 is 0 Å². The molecular formula is C14H27N3. The lowest BCUT2D eigenvalue weighted by molar-refractivity contribution is 0.462. The molecule has 0 aliphatic rings. The summed E-state index contributed by atoms with van der Waals surface area (Å²) in [7, 11) is 2.05. The molecular weight excluding hydrogens is 210 g/mol. The topological polar surface area (TPSA) is 29.9 Å². The normalized spacial score (nSPS) is 12.9. The van der Waals surface area contributed by atoms with E-state index >= 15 is 0 Å². The molecule has 0 radical (unpaired) electrons. The molecule has 0 aliphatic heterocycles. The molecule has 0 fully saturated rings. The van der Waals surface area contributed by atoms with Crippen LogP contribution in [0, 0.1) is 0 Å². The van der Waals surface area contributed by atoms with Crippen molar-refractivity contribution in [2.75, 3.05) is 6.54 Å². The molecule has 0 spiro atoms. The van der Waals surface area contributed by atoms with Gasteiger partial charge in [-0.05, 0) is 44.7 Å². The Bertz CT molecular complexity index is 317. The molecule has 1 atom stereocenters. The highest BCUT2D eigenvalue weighted by molar-refractivity contribution is 5.10. The third-order valence-corrected chi connectivity index (χ3v) is 3.31. The maximum absolute atomic E-state index is 4.49. The van der Waals surface area contributed by atoms with Crippen LogP contribution in [0.5, 0.6) is 0 Å². The first-order chi connectivity index (χ1) is 8.21. The summed E-state index contributed by atoms with van der Waals surface area (Å²) in [6, 6.07) is 2.89. The minimum atomic E-state index is 0.648. The number of hydrogen-bond donors (Lipinski definition) is 1. The summed E-state index contributed by atoms with van der Waals surface area (Å²) in [5.74, 6) is 0. The van der Waals surface area contributed by atoms with E-state index in [9.17, 15) is 0 Å². The van der Waals surface area contributed by atoms with Gasteiger partial charge < -0.3 is 5.32 Å². The van der Waals surface area contributed by atoms with Crippen molar-refractivity contribution in [3.63, 3.8) is 0 Å².